The Hall–Kier alpha value is -1.34. The molecule has 0 radical (unpaired) electrons. The van der Waals surface area contributed by atoms with Gasteiger partial charge in [-0.3, -0.25) is 4.90 Å². The summed E-state index contributed by atoms with van der Waals surface area (Å²) in [6, 6.07) is 2.30. The number of alkyl halides is 3. The van der Waals surface area contributed by atoms with Crippen molar-refractivity contribution in [1.82, 2.24) is 9.88 Å². The molecule has 1 saturated heterocycles. The van der Waals surface area contributed by atoms with Crippen molar-refractivity contribution >= 4 is 5.82 Å². The summed E-state index contributed by atoms with van der Waals surface area (Å²) in [5, 5.41) is 9.44. The largest absolute Gasteiger partial charge is 0.416 e. The second-order valence-corrected chi connectivity index (χ2v) is 7.51. The minimum absolute atomic E-state index is 0.0929. The first-order chi connectivity index (χ1) is 12.5. The van der Waals surface area contributed by atoms with Crippen LogP contribution in [0.15, 0.2) is 18.3 Å². The van der Waals surface area contributed by atoms with E-state index in [1.165, 1.54) is 38.3 Å². The minimum Gasteiger partial charge on any atom is -0.396 e. The smallest absolute Gasteiger partial charge is 0.396 e. The predicted octanol–water partition coefficient (Wildman–Crippen LogP) is 3.55. The first kappa shape index (κ1) is 19.4. The van der Waals surface area contributed by atoms with E-state index in [9.17, 15) is 18.3 Å². The van der Waals surface area contributed by atoms with Crippen LogP contribution in [-0.2, 0) is 6.18 Å². The Kier molecular flexibility index (Phi) is 6.40. The van der Waals surface area contributed by atoms with Crippen molar-refractivity contribution in [1.29, 1.82) is 0 Å². The number of piperazine rings is 1. The van der Waals surface area contributed by atoms with Gasteiger partial charge < -0.3 is 10.0 Å². The summed E-state index contributed by atoms with van der Waals surface area (Å²) in [5.74, 6) is 1.09. The highest BCUT2D eigenvalue weighted by molar-refractivity contribution is 5.42. The Balaban J connectivity index is 1.67. The number of rotatable bonds is 5. The van der Waals surface area contributed by atoms with Gasteiger partial charge in [0.25, 0.3) is 0 Å². The maximum atomic E-state index is 13.0. The molecule has 4 nitrogen and oxygen atoms in total. The van der Waals surface area contributed by atoms with E-state index in [0.717, 1.165) is 25.2 Å². The van der Waals surface area contributed by atoms with Gasteiger partial charge >= 0.3 is 6.18 Å². The van der Waals surface area contributed by atoms with Crippen LogP contribution in [0.2, 0.25) is 0 Å². The first-order valence-electron chi connectivity index (χ1n) is 9.60. The molecule has 1 aliphatic carbocycles. The zero-order chi connectivity index (χ0) is 18.6. The molecule has 1 atom stereocenters. The number of aliphatic hydroxyl groups excluding tert-OH is 1. The zero-order valence-corrected chi connectivity index (χ0v) is 15.1. The molecular formula is C19H28F3N3O. The standard InChI is InChI=1S/C19H28F3N3O/c20-19(21,22)16-6-8-23-18(12-16)25-10-9-24(17(14-25)7-11-26)13-15-4-2-1-3-5-15/h6,8,12,15,17,26H,1-5,7,9-11,13-14H2/t17-/m0/s1. The number of halogens is 3. The lowest BCUT2D eigenvalue weighted by Gasteiger charge is -2.43. The second-order valence-electron chi connectivity index (χ2n) is 7.51. The summed E-state index contributed by atoms with van der Waals surface area (Å²) in [4.78, 5) is 8.51. The van der Waals surface area contributed by atoms with E-state index in [2.05, 4.69) is 9.88 Å². The molecule has 0 spiro atoms. The SMILES string of the molecule is OCC[C@H]1CN(c2cc(C(F)(F)F)ccn2)CCN1CC1CCCCC1. The zero-order valence-electron chi connectivity index (χ0n) is 15.1. The van der Waals surface area contributed by atoms with Crippen molar-refractivity contribution in [3.05, 3.63) is 23.9 Å². The average Bonchev–Trinajstić information content (AvgIpc) is 2.64. The van der Waals surface area contributed by atoms with Crippen LogP contribution in [0.25, 0.3) is 0 Å². The summed E-state index contributed by atoms with van der Waals surface area (Å²) in [6.07, 6.45) is 3.96. The molecule has 1 aromatic heterocycles. The number of anilines is 1. The van der Waals surface area contributed by atoms with Gasteiger partial charge in [0.15, 0.2) is 0 Å². The Morgan fingerprint density at radius 2 is 1.92 bits per heavy atom. The van der Waals surface area contributed by atoms with Crippen molar-refractivity contribution in [3.8, 4) is 0 Å². The Morgan fingerprint density at radius 3 is 2.62 bits per heavy atom. The van der Waals surface area contributed by atoms with Crippen molar-refractivity contribution in [2.75, 3.05) is 37.7 Å². The van der Waals surface area contributed by atoms with Crippen LogP contribution in [0.5, 0.6) is 0 Å². The van der Waals surface area contributed by atoms with E-state index >= 15 is 0 Å². The molecule has 0 amide bonds. The maximum Gasteiger partial charge on any atom is 0.416 e. The number of pyridine rings is 1. The number of aliphatic hydroxyl groups is 1. The number of aromatic nitrogens is 1. The molecule has 1 aliphatic heterocycles. The highest BCUT2D eigenvalue weighted by Crippen LogP contribution is 2.32. The van der Waals surface area contributed by atoms with Crippen LogP contribution >= 0.6 is 0 Å². The molecule has 3 rings (SSSR count). The van der Waals surface area contributed by atoms with Gasteiger partial charge in [-0.05, 0) is 37.3 Å². The fourth-order valence-electron chi connectivity index (χ4n) is 4.23. The lowest BCUT2D eigenvalue weighted by Crippen LogP contribution is -2.55. The van der Waals surface area contributed by atoms with Crippen LogP contribution in [-0.4, -0.2) is 53.8 Å². The molecular weight excluding hydrogens is 343 g/mol. The Morgan fingerprint density at radius 1 is 1.15 bits per heavy atom. The van der Waals surface area contributed by atoms with Crippen LogP contribution in [0.3, 0.4) is 0 Å². The van der Waals surface area contributed by atoms with E-state index in [1.54, 1.807) is 0 Å². The fourth-order valence-corrected chi connectivity index (χ4v) is 4.23. The predicted molar refractivity (Wildman–Crippen MR) is 95.1 cm³/mol. The minimum atomic E-state index is -4.36. The molecule has 7 heteroatoms. The van der Waals surface area contributed by atoms with Gasteiger partial charge in [0, 0.05) is 45.0 Å². The average molecular weight is 371 g/mol. The third-order valence-corrected chi connectivity index (χ3v) is 5.68. The van der Waals surface area contributed by atoms with Crippen LogP contribution in [0.1, 0.15) is 44.1 Å². The molecule has 2 fully saturated rings. The summed E-state index contributed by atoms with van der Waals surface area (Å²) in [5.41, 5.74) is -0.661. The number of hydrogen-bond donors (Lipinski definition) is 1. The van der Waals surface area contributed by atoms with Crippen molar-refractivity contribution in [2.45, 2.75) is 50.7 Å². The molecule has 146 valence electrons. The van der Waals surface area contributed by atoms with E-state index < -0.39 is 11.7 Å². The molecule has 1 N–H and O–H groups in total. The summed E-state index contributed by atoms with van der Waals surface area (Å²) in [6.45, 7) is 3.22. The summed E-state index contributed by atoms with van der Waals surface area (Å²) >= 11 is 0. The third-order valence-electron chi connectivity index (χ3n) is 5.68. The molecule has 2 aliphatic rings. The van der Waals surface area contributed by atoms with Gasteiger partial charge in [0.05, 0.1) is 5.56 Å². The molecule has 1 saturated carbocycles. The van der Waals surface area contributed by atoms with E-state index in [4.69, 9.17) is 0 Å². The third kappa shape index (κ3) is 4.88. The summed E-state index contributed by atoms with van der Waals surface area (Å²) in [7, 11) is 0. The van der Waals surface area contributed by atoms with E-state index in [0.29, 0.717) is 31.2 Å². The van der Waals surface area contributed by atoms with Crippen LogP contribution < -0.4 is 4.90 Å². The highest BCUT2D eigenvalue weighted by atomic mass is 19.4. The highest BCUT2D eigenvalue weighted by Gasteiger charge is 2.33. The molecule has 2 heterocycles. The molecule has 0 bridgehead atoms. The van der Waals surface area contributed by atoms with Gasteiger partial charge in [0.1, 0.15) is 5.82 Å². The normalized spacial score (nSPS) is 23.4. The quantitative estimate of drug-likeness (QED) is 0.859. The van der Waals surface area contributed by atoms with E-state index in [1.807, 2.05) is 4.90 Å². The van der Waals surface area contributed by atoms with Gasteiger partial charge in [-0.15, -0.1) is 0 Å². The number of hydrogen-bond acceptors (Lipinski definition) is 4. The molecule has 0 unspecified atom stereocenters. The monoisotopic (exact) mass is 371 g/mol. The van der Waals surface area contributed by atoms with Crippen LogP contribution in [0.4, 0.5) is 19.0 Å². The van der Waals surface area contributed by atoms with Gasteiger partial charge in [-0.2, -0.15) is 13.2 Å². The lowest BCUT2D eigenvalue weighted by atomic mass is 9.88. The van der Waals surface area contributed by atoms with Crippen LogP contribution in [0, 0.1) is 5.92 Å². The lowest BCUT2D eigenvalue weighted by molar-refractivity contribution is -0.137. The Bertz CT molecular complexity index is 575. The van der Waals surface area contributed by atoms with Gasteiger partial charge in [0.2, 0.25) is 0 Å². The second kappa shape index (κ2) is 8.57. The van der Waals surface area contributed by atoms with Crippen molar-refractivity contribution in [2.24, 2.45) is 5.92 Å². The van der Waals surface area contributed by atoms with Gasteiger partial charge in [-0.1, -0.05) is 19.3 Å². The van der Waals surface area contributed by atoms with E-state index in [-0.39, 0.29) is 12.6 Å². The molecule has 0 aromatic carbocycles. The maximum absolute atomic E-state index is 13.0. The van der Waals surface area contributed by atoms with Crippen molar-refractivity contribution in [3.63, 3.8) is 0 Å². The van der Waals surface area contributed by atoms with Crippen molar-refractivity contribution < 1.29 is 18.3 Å². The number of nitrogens with zero attached hydrogens (tertiary/aromatic N) is 3. The van der Waals surface area contributed by atoms with Gasteiger partial charge in [-0.25, -0.2) is 4.98 Å². The Labute approximate surface area is 153 Å². The molecule has 26 heavy (non-hydrogen) atoms. The summed E-state index contributed by atoms with van der Waals surface area (Å²) < 4.78 is 38.9. The first-order valence-corrected chi connectivity index (χ1v) is 9.60. The molecule has 1 aromatic rings. The topological polar surface area (TPSA) is 39.6 Å². The fraction of sp³-hybridized carbons (Fsp3) is 0.737.